The van der Waals surface area contributed by atoms with E-state index in [1.165, 1.54) is 18.3 Å². The van der Waals surface area contributed by atoms with Crippen LogP contribution in [0.25, 0.3) is 0 Å². The van der Waals surface area contributed by atoms with Gasteiger partial charge < -0.3 is 10.6 Å². The number of carbonyl (C=O) groups excluding carboxylic acids is 2. The predicted octanol–water partition coefficient (Wildman–Crippen LogP) is 1.69. The topological polar surface area (TPSA) is 76.0 Å². The molecule has 0 radical (unpaired) electrons. The summed E-state index contributed by atoms with van der Waals surface area (Å²) in [6.07, 6.45) is 3.49. The Morgan fingerprint density at radius 3 is 2.85 bits per heavy atom. The number of carbonyl (C=O) groups is 2. The number of aromatic nitrogens is 2. The number of hydrogen-bond acceptors (Lipinski definition) is 4. The normalized spacial score (nSPS) is 11.9. The van der Waals surface area contributed by atoms with E-state index in [1.54, 1.807) is 24.1 Å². The molecule has 0 unspecified atom stereocenters. The second-order valence-corrected chi connectivity index (χ2v) is 5.40. The highest BCUT2D eigenvalue weighted by atomic mass is 32.1. The third-order valence-electron chi connectivity index (χ3n) is 2.64. The SMILES string of the molecule is CC(=O)N[C@@H](CC(=O)Nc1cnn(C)c1)c1cccs1. The first-order valence-electron chi connectivity index (χ1n) is 6.13. The Balaban J connectivity index is 2.00. The van der Waals surface area contributed by atoms with E-state index in [0.29, 0.717) is 5.69 Å². The first kappa shape index (κ1) is 14.3. The van der Waals surface area contributed by atoms with Crippen molar-refractivity contribution in [2.45, 2.75) is 19.4 Å². The first-order chi connectivity index (χ1) is 9.54. The van der Waals surface area contributed by atoms with Crippen LogP contribution in [0.5, 0.6) is 0 Å². The molecule has 2 aromatic rings. The Morgan fingerprint density at radius 1 is 1.50 bits per heavy atom. The maximum absolute atomic E-state index is 12.0. The summed E-state index contributed by atoms with van der Waals surface area (Å²) in [7, 11) is 1.78. The van der Waals surface area contributed by atoms with Crippen LogP contribution in [0.1, 0.15) is 24.3 Å². The van der Waals surface area contributed by atoms with Gasteiger partial charge in [0.1, 0.15) is 0 Å². The molecule has 106 valence electrons. The second kappa shape index (κ2) is 6.33. The number of rotatable bonds is 5. The summed E-state index contributed by atoms with van der Waals surface area (Å²) >= 11 is 1.51. The highest BCUT2D eigenvalue weighted by molar-refractivity contribution is 7.10. The van der Waals surface area contributed by atoms with Crippen LogP contribution in [-0.2, 0) is 16.6 Å². The van der Waals surface area contributed by atoms with Crippen molar-refractivity contribution in [2.24, 2.45) is 7.05 Å². The van der Waals surface area contributed by atoms with Gasteiger partial charge in [-0.2, -0.15) is 5.10 Å². The fourth-order valence-electron chi connectivity index (χ4n) is 1.84. The summed E-state index contributed by atoms with van der Waals surface area (Å²) in [6.45, 7) is 1.44. The number of amides is 2. The lowest BCUT2D eigenvalue weighted by molar-refractivity contribution is -0.120. The molecule has 0 bridgehead atoms. The fraction of sp³-hybridized carbons (Fsp3) is 0.308. The van der Waals surface area contributed by atoms with Crippen molar-refractivity contribution in [3.05, 3.63) is 34.8 Å². The molecule has 0 aliphatic carbocycles. The Kier molecular flexibility index (Phi) is 4.52. The van der Waals surface area contributed by atoms with Crippen molar-refractivity contribution in [1.82, 2.24) is 15.1 Å². The molecule has 0 aromatic carbocycles. The van der Waals surface area contributed by atoms with Crippen LogP contribution >= 0.6 is 11.3 Å². The smallest absolute Gasteiger partial charge is 0.226 e. The van der Waals surface area contributed by atoms with Gasteiger partial charge >= 0.3 is 0 Å². The highest BCUT2D eigenvalue weighted by Gasteiger charge is 2.18. The van der Waals surface area contributed by atoms with E-state index in [4.69, 9.17) is 0 Å². The van der Waals surface area contributed by atoms with Crippen LogP contribution in [0.3, 0.4) is 0 Å². The minimum atomic E-state index is -0.302. The summed E-state index contributed by atoms with van der Waals surface area (Å²) in [5, 5.41) is 11.5. The second-order valence-electron chi connectivity index (χ2n) is 4.42. The van der Waals surface area contributed by atoms with E-state index in [9.17, 15) is 9.59 Å². The molecular formula is C13H16N4O2S. The van der Waals surface area contributed by atoms with Crippen molar-refractivity contribution in [3.8, 4) is 0 Å². The lowest BCUT2D eigenvalue weighted by atomic mass is 10.1. The van der Waals surface area contributed by atoms with Gasteiger partial charge in [0.05, 0.1) is 24.3 Å². The van der Waals surface area contributed by atoms with Crippen LogP contribution in [0.4, 0.5) is 5.69 Å². The Hall–Kier alpha value is -2.15. The molecule has 2 N–H and O–H groups in total. The van der Waals surface area contributed by atoms with Gasteiger partial charge in [-0.1, -0.05) is 6.07 Å². The average molecular weight is 292 g/mol. The number of hydrogen-bond donors (Lipinski definition) is 2. The maximum Gasteiger partial charge on any atom is 0.226 e. The van der Waals surface area contributed by atoms with E-state index in [0.717, 1.165) is 4.88 Å². The fourth-order valence-corrected chi connectivity index (χ4v) is 2.62. The average Bonchev–Trinajstić information content (AvgIpc) is 2.99. The molecule has 7 heteroatoms. The maximum atomic E-state index is 12.0. The summed E-state index contributed by atoms with van der Waals surface area (Å²) in [5.41, 5.74) is 0.644. The molecule has 2 aromatic heterocycles. The van der Waals surface area contributed by atoms with Gasteiger partial charge in [0.15, 0.2) is 0 Å². The van der Waals surface area contributed by atoms with Crippen molar-refractivity contribution >= 4 is 28.8 Å². The molecule has 0 saturated heterocycles. The number of nitrogens with one attached hydrogen (secondary N) is 2. The molecule has 2 heterocycles. The zero-order chi connectivity index (χ0) is 14.5. The predicted molar refractivity (Wildman–Crippen MR) is 77.3 cm³/mol. The van der Waals surface area contributed by atoms with Gasteiger partial charge in [0, 0.05) is 25.0 Å². The van der Waals surface area contributed by atoms with Crippen molar-refractivity contribution in [2.75, 3.05) is 5.32 Å². The number of aryl methyl sites for hydroxylation is 1. The molecule has 1 atom stereocenters. The van der Waals surface area contributed by atoms with Crippen LogP contribution in [0.15, 0.2) is 29.9 Å². The van der Waals surface area contributed by atoms with Crippen molar-refractivity contribution < 1.29 is 9.59 Å². The van der Waals surface area contributed by atoms with Crippen molar-refractivity contribution in [1.29, 1.82) is 0 Å². The minimum absolute atomic E-state index is 0.155. The lowest BCUT2D eigenvalue weighted by Crippen LogP contribution is -2.29. The standard InChI is InChI=1S/C13H16N4O2S/c1-9(18)15-11(12-4-3-5-20-12)6-13(19)16-10-7-14-17(2)8-10/h3-5,7-8,11H,6H2,1-2H3,(H,15,18)(H,16,19)/t11-/m0/s1. The van der Waals surface area contributed by atoms with E-state index >= 15 is 0 Å². The molecule has 6 nitrogen and oxygen atoms in total. The van der Waals surface area contributed by atoms with Crippen LogP contribution in [-0.4, -0.2) is 21.6 Å². The summed E-state index contributed by atoms with van der Waals surface area (Å²) in [6, 6.07) is 3.50. The molecule has 0 aliphatic heterocycles. The van der Waals surface area contributed by atoms with Gasteiger partial charge in [-0.15, -0.1) is 11.3 Å². The lowest BCUT2D eigenvalue weighted by Gasteiger charge is -2.15. The number of nitrogens with zero attached hydrogens (tertiary/aromatic N) is 2. The summed E-state index contributed by atoms with van der Waals surface area (Å²) < 4.78 is 1.61. The minimum Gasteiger partial charge on any atom is -0.348 e. The molecule has 0 fully saturated rings. The van der Waals surface area contributed by atoms with E-state index in [1.807, 2.05) is 17.5 Å². The van der Waals surface area contributed by atoms with E-state index in [-0.39, 0.29) is 24.3 Å². The summed E-state index contributed by atoms with van der Waals surface area (Å²) in [5.74, 6) is -0.317. The molecule has 0 spiro atoms. The van der Waals surface area contributed by atoms with Gasteiger partial charge in [-0.3, -0.25) is 14.3 Å². The van der Waals surface area contributed by atoms with Gasteiger partial charge in [0.2, 0.25) is 11.8 Å². The largest absolute Gasteiger partial charge is 0.348 e. The summed E-state index contributed by atoms with van der Waals surface area (Å²) in [4.78, 5) is 24.2. The first-order valence-corrected chi connectivity index (χ1v) is 7.01. The Bertz CT molecular complexity index is 591. The van der Waals surface area contributed by atoms with Crippen molar-refractivity contribution in [3.63, 3.8) is 0 Å². The molecule has 2 amide bonds. The zero-order valence-corrected chi connectivity index (χ0v) is 12.1. The third kappa shape index (κ3) is 3.92. The van der Waals surface area contributed by atoms with Crippen LogP contribution < -0.4 is 10.6 Å². The van der Waals surface area contributed by atoms with E-state index < -0.39 is 0 Å². The zero-order valence-electron chi connectivity index (χ0n) is 11.3. The monoisotopic (exact) mass is 292 g/mol. The molecule has 2 rings (SSSR count). The Labute approximate surface area is 120 Å². The highest BCUT2D eigenvalue weighted by Crippen LogP contribution is 2.22. The molecule has 0 aliphatic rings. The molecule has 20 heavy (non-hydrogen) atoms. The Morgan fingerprint density at radius 2 is 2.30 bits per heavy atom. The van der Waals surface area contributed by atoms with Crippen LogP contribution in [0, 0.1) is 0 Å². The number of thiophene rings is 1. The molecular weight excluding hydrogens is 276 g/mol. The third-order valence-corrected chi connectivity index (χ3v) is 3.63. The molecule has 0 saturated carbocycles. The quantitative estimate of drug-likeness (QED) is 0.880. The van der Waals surface area contributed by atoms with Crippen LogP contribution in [0.2, 0.25) is 0 Å². The van der Waals surface area contributed by atoms with E-state index in [2.05, 4.69) is 15.7 Å². The van der Waals surface area contributed by atoms with Gasteiger partial charge in [0.25, 0.3) is 0 Å². The van der Waals surface area contributed by atoms with Gasteiger partial charge in [-0.25, -0.2) is 0 Å². The number of anilines is 1. The van der Waals surface area contributed by atoms with Gasteiger partial charge in [-0.05, 0) is 11.4 Å².